The van der Waals surface area contributed by atoms with Gasteiger partial charge in [0.1, 0.15) is 0 Å². The van der Waals surface area contributed by atoms with Crippen LogP contribution in [-0.4, -0.2) is 15.9 Å². The summed E-state index contributed by atoms with van der Waals surface area (Å²) in [7, 11) is 0. The smallest absolute Gasteiger partial charge is 0.155 e. The molecule has 5 heteroatoms. The van der Waals surface area contributed by atoms with Crippen LogP contribution in [0.3, 0.4) is 0 Å². The van der Waals surface area contributed by atoms with Crippen LogP contribution in [0, 0.1) is 6.07 Å². The maximum absolute atomic E-state index is 10.0. The molecule has 0 aliphatic heterocycles. The normalized spacial score (nSPS) is 10.8. The Hall–Kier alpha value is -2.33. The molecule has 1 radical (unpaired) electrons. The Morgan fingerprint density at radius 2 is 1.81 bits per heavy atom. The molecule has 0 saturated heterocycles. The fraction of sp³-hybridized carbons (Fsp3) is 0.0909. The number of aliphatic hydroxyl groups excluding tert-OH is 1. The molecule has 2 aromatic carbocycles. The maximum atomic E-state index is 10.0. The summed E-state index contributed by atoms with van der Waals surface area (Å²) in [5, 5.41) is 13.0. The third kappa shape index (κ3) is 5.10. The van der Waals surface area contributed by atoms with E-state index in [9.17, 15) is 4.79 Å². The van der Waals surface area contributed by atoms with Crippen molar-refractivity contribution in [3.05, 3.63) is 77.9 Å². The van der Waals surface area contributed by atoms with Crippen molar-refractivity contribution in [3.8, 4) is 11.3 Å². The molecule has 0 saturated carbocycles. The molecule has 0 atom stereocenters. The van der Waals surface area contributed by atoms with E-state index in [4.69, 9.17) is 10.1 Å². The van der Waals surface area contributed by atoms with Crippen molar-refractivity contribution in [1.29, 1.82) is 0 Å². The van der Waals surface area contributed by atoms with Gasteiger partial charge in [-0.25, -0.2) is 0 Å². The van der Waals surface area contributed by atoms with Gasteiger partial charge in [-0.15, -0.1) is 35.9 Å². The number of hydrogen-bond acceptors (Lipinski definition) is 4. The van der Waals surface area contributed by atoms with E-state index in [-0.39, 0.29) is 31.6 Å². The van der Waals surface area contributed by atoms with Crippen LogP contribution in [0.5, 0.6) is 0 Å². The molecule has 0 aliphatic carbocycles. The average molecular weight is 553 g/mol. The summed E-state index contributed by atoms with van der Waals surface area (Å²) in [6.45, 7) is 2.85. The van der Waals surface area contributed by atoms with Crippen molar-refractivity contribution in [3.63, 3.8) is 0 Å². The van der Waals surface area contributed by atoms with Gasteiger partial charge in [0.15, 0.2) is 5.78 Å². The largest absolute Gasteiger partial charge is 0.512 e. The van der Waals surface area contributed by atoms with E-state index in [1.165, 1.54) is 35.4 Å². The molecule has 4 rings (SSSR count). The molecule has 0 aliphatic rings. The quantitative estimate of drug-likeness (QED) is 0.190. The summed E-state index contributed by atoms with van der Waals surface area (Å²) in [5.74, 6) is -0.0625. The van der Waals surface area contributed by atoms with Gasteiger partial charge in [-0.05, 0) is 36.7 Å². The third-order valence-electron chi connectivity index (χ3n) is 3.68. The minimum atomic E-state index is -0.125. The zero-order chi connectivity index (χ0) is 18.5. The van der Waals surface area contributed by atoms with Crippen LogP contribution in [0.2, 0.25) is 0 Å². The third-order valence-corrected chi connectivity index (χ3v) is 4.60. The Balaban J connectivity index is 0.000000285. The number of para-hydroxylation sites is 1. The van der Waals surface area contributed by atoms with Crippen LogP contribution >= 0.6 is 11.3 Å². The van der Waals surface area contributed by atoms with Crippen LogP contribution in [0.4, 0.5) is 0 Å². The van der Waals surface area contributed by atoms with E-state index in [0.717, 1.165) is 16.8 Å². The van der Waals surface area contributed by atoms with Crippen molar-refractivity contribution >= 4 is 38.1 Å². The summed E-state index contributed by atoms with van der Waals surface area (Å²) in [6.07, 6.45) is 1.17. The molecule has 0 spiro atoms. The maximum Gasteiger partial charge on any atom is 0.155 e. The molecule has 0 amide bonds. The van der Waals surface area contributed by atoms with Gasteiger partial charge in [0.25, 0.3) is 0 Å². The Bertz CT molecular complexity index is 1080. The molecule has 2 heterocycles. The molecule has 0 bridgehead atoms. The van der Waals surface area contributed by atoms with Gasteiger partial charge in [-0.2, -0.15) is 11.3 Å². The molecular formula is C22H18IrNO2S-. The molecule has 4 aromatic rings. The first-order valence-electron chi connectivity index (χ1n) is 8.17. The SMILES string of the molecule is CC(=O)/C=C(/C)O.[Ir].[c-]1ccccc1-c1nc2ccccc2c2ccsc12. The predicted molar refractivity (Wildman–Crippen MR) is 108 cm³/mol. The Labute approximate surface area is 175 Å². The van der Waals surface area contributed by atoms with Crippen molar-refractivity contribution in [1.82, 2.24) is 4.98 Å². The molecule has 0 fully saturated rings. The van der Waals surface area contributed by atoms with Gasteiger partial charge in [0, 0.05) is 42.0 Å². The first-order chi connectivity index (χ1) is 12.6. The summed E-state index contributed by atoms with van der Waals surface area (Å²) >= 11 is 1.74. The van der Waals surface area contributed by atoms with E-state index in [1.54, 1.807) is 11.3 Å². The van der Waals surface area contributed by atoms with Crippen molar-refractivity contribution in [2.45, 2.75) is 13.8 Å². The number of rotatable bonds is 2. The number of carbonyl (C=O) groups excluding carboxylic acids is 1. The van der Waals surface area contributed by atoms with E-state index in [2.05, 4.69) is 41.8 Å². The number of nitrogens with zero attached hydrogens (tertiary/aromatic N) is 1. The number of benzene rings is 2. The predicted octanol–water partition coefficient (Wildman–Crippen LogP) is 5.95. The van der Waals surface area contributed by atoms with Gasteiger partial charge in [0.2, 0.25) is 0 Å². The first-order valence-corrected chi connectivity index (χ1v) is 9.05. The number of ketones is 1. The summed E-state index contributed by atoms with van der Waals surface area (Å²) < 4.78 is 1.24. The minimum absolute atomic E-state index is 0. The summed E-state index contributed by atoms with van der Waals surface area (Å²) in [4.78, 5) is 14.8. The minimum Gasteiger partial charge on any atom is -0.512 e. The zero-order valence-corrected chi connectivity index (χ0v) is 18.1. The number of aromatic nitrogens is 1. The first kappa shape index (κ1) is 21.0. The Kier molecular flexibility index (Phi) is 7.43. The molecule has 27 heavy (non-hydrogen) atoms. The monoisotopic (exact) mass is 553 g/mol. The number of allylic oxidation sites excluding steroid dienone is 2. The Morgan fingerprint density at radius 3 is 2.44 bits per heavy atom. The standard InChI is InChI=1S/C17H10NS.C5H8O2.Ir/c1-2-6-12(7-3-1)16-17-14(10-11-19-17)13-8-4-5-9-15(13)18-16;1-4(6)3-5(2)7;/h1-6,8-11H;3,6H,1-2H3;/q-1;;/b;4-3-;. The van der Waals surface area contributed by atoms with Crippen LogP contribution in [0.25, 0.3) is 32.2 Å². The number of thiophene rings is 1. The molecule has 139 valence electrons. The topological polar surface area (TPSA) is 50.2 Å². The summed E-state index contributed by atoms with van der Waals surface area (Å²) in [5.41, 5.74) is 3.13. The zero-order valence-electron chi connectivity index (χ0n) is 14.9. The van der Waals surface area contributed by atoms with Gasteiger partial charge in [-0.1, -0.05) is 18.2 Å². The van der Waals surface area contributed by atoms with Gasteiger partial charge < -0.3 is 5.11 Å². The van der Waals surface area contributed by atoms with Crippen LogP contribution < -0.4 is 0 Å². The number of fused-ring (bicyclic) bond motifs is 3. The number of carbonyl (C=O) groups is 1. The van der Waals surface area contributed by atoms with E-state index < -0.39 is 0 Å². The van der Waals surface area contributed by atoms with Gasteiger partial charge in [-0.3, -0.25) is 9.78 Å². The average Bonchev–Trinajstić information content (AvgIpc) is 3.11. The van der Waals surface area contributed by atoms with E-state index in [1.807, 2.05) is 24.3 Å². The molecule has 1 N–H and O–H groups in total. The van der Waals surface area contributed by atoms with Crippen molar-refractivity contribution in [2.24, 2.45) is 0 Å². The van der Waals surface area contributed by atoms with Crippen LogP contribution in [0.15, 0.2) is 71.8 Å². The van der Waals surface area contributed by atoms with Gasteiger partial charge in [0.05, 0.1) is 11.3 Å². The number of pyridine rings is 1. The number of aliphatic hydroxyl groups is 1. The molecule has 0 unspecified atom stereocenters. The molecule has 2 aromatic heterocycles. The van der Waals surface area contributed by atoms with Gasteiger partial charge >= 0.3 is 0 Å². The second kappa shape index (κ2) is 9.56. The van der Waals surface area contributed by atoms with Crippen LogP contribution in [-0.2, 0) is 24.9 Å². The van der Waals surface area contributed by atoms with E-state index >= 15 is 0 Å². The fourth-order valence-corrected chi connectivity index (χ4v) is 3.60. The second-order valence-electron chi connectivity index (χ2n) is 5.81. The van der Waals surface area contributed by atoms with Crippen molar-refractivity contribution in [2.75, 3.05) is 0 Å². The second-order valence-corrected chi connectivity index (χ2v) is 6.73. The van der Waals surface area contributed by atoms with Crippen LogP contribution in [0.1, 0.15) is 13.8 Å². The van der Waals surface area contributed by atoms with E-state index in [0.29, 0.717) is 0 Å². The van der Waals surface area contributed by atoms with Crippen molar-refractivity contribution < 1.29 is 30.0 Å². The fourth-order valence-electron chi connectivity index (χ4n) is 2.69. The Morgan fingerprint density at radius 1 is 1.07 bits per heavy atom. The summed E-state index contributed by atoms with van der Waals surface area (Å²) in [6, 6.07) is 21.8. The number of hydrogen-bond donors (Lipinski definition) is 1. The molecular weight excluding hydrogens is 535 g/mol. The molecule has 3 nitrogen and oxygen atoms in total.